The zero-order valence-corrected chi connectivity index (χ0v) is 21.9. The van der Waals surface area contributed by atoms with Crippen LogP contribution in [0.1, 0.15) is 64.1 Å². The predicted octanol–water partition coefficient (Wildman–Crippen LogP) is 1.72. The fraction of sp³-hybridized carbons (Fsp3) is 0.560. The van der Waals surface area contributed by atoms with Crippen molar-refractivity contribution in [3.05, 3.63) is 35.4 Å². The second kappa shape index (κ2) is 14.1. The van der Waals surface area contributed by atoms with Crippen molar-refractivity contribution in [3.63, 3.8) is 0 Å². The molecule has 2 unspecified atom stereocenters. The minimum Gasteiger partial charge on any atom is -0.466 e. The summed E-state index contributed by atoms with van der Waals surface area (Å²) in [5.74, 6) is -2.24. The first-order valence-corrected chi connectivity index (χ1v) is 11.8. The summed E-state index contributed by atoms with van der Waals surface area (Å²) in [7, 11) is 1.42. The monoisotopic (exact) mass is 506 g/mol. The van der Waals surface area contributed by atoms with Gasteiger partial charge in [-0.25, -0.2) is 4.79 Å². The molecule has 0 bridgehead atoms. The van der Waals surface area contributed by atoms with E-state index in [1.54, 1.807) is 45.9 Å². The number of primary amides is 1. The van der Waals surface area contributed by atoms with E-state index in [0.29, 0.717) is 5.56 Å². The Balaban J connectivity index is 3.18. The summed E-state index contributed by atoms with van der Waals surface area (Å²) < 4.78 is 10.1. The highest BCUT2D eigenvalue weighted by Crippen LogP contribution is 2.23. The molecule has 200 valence electrons. The Morgan fingerprint density at radius 1 is 1.11 bits per heavy atom. The molecule has 0 aliphatic rings. The molecule has 0 aromatic heterocycles. The number of rotatable bonds is 12. The second-order valence-corrected chi connectivity index (χ2v) is 9.32. The van der Waals surface area contributed by atoms with Crippen LogP contribution in [-0.2, 0) is 28.7 Å². The highest BCUT2D eigenvalue weighted by Gasteiger charge is 2.34. The minimum absolute atomic E-state index is 0.0171. The van der Waals surface area contributed by atoms with E-state index in [9.17, 15) is 24.0 Å². The van der Waals surface area contributed by atoms with Crippen LogP contribution in [-0.4, -0.2) is 66.5 Å². The molecule has 0 spiro atoms. The Kier molecular flexibility index (Phi) is 11.9. The summed E-state index contributed by atoms with van der Waals surface area (Å²) in [5.41, 5.74) is 5.85. The lowest BCUT2D eigenvalue weighted by Gasteiger charge is -2.31. The van der Waals surface area contributed by atoms with Crippen LogP contribution in [0.15, 0.2) is 24.3 Å². The second-order valence-electron chi connectivity index (χ2n) is 9.32. The van der Waals surface area contributed by atoms with Gasteiger partial charge < -0.3 is 30.7 Å². The molecule has 0 aliphatic carbocycles. The molecule has 0 saturated heterocycles. The number of nitrogens with one attached hydrogen (secondary N) is 2. The molecule has 11 heteroatoms. The Labute approximate surface area is 212 Å². The van der Waals surface area contributed by atoms with Crippen molar-refractivity contribution in [1.82, 2.24) is 15.5 Å². The fourth-order valence-electron chi connectivity index (χ4n) is 3.38. The summed E-state index contributed by atoms with van der Waals surface area (Å²) in [5, 5.41) is 5.15. The van der Waals surface area contributed by atoms with Crippen LogP contribution in [0.5, 0.6) is 0 Å². The van der Waals surface area contributed by atoms with Gasteiger partial charge in [-0.15, -0.1) is 0 Å². The first-order valence-electron chi connectivity index (χ1n) is 11.8. The third-order valence-electron chi connectivity index (χ3n) is 4.94. The highest BCUT2D eigenvalue weighted by atomic mass is 16.6. The molecule has 0 fully saturated rings. The minimum atomic E-state index is -1.17. The van der Waals surface area contributed by atoms with E-state index in [0.717, 1.165) is 5.56 Å². The number of esters is 1. The molecule has 36 heavy (non-hydrogen) atoms. The number of aryl methyl sites for hydroxylation is 1. The molecule has 2 atom stereocenters. The molecule has 0 radical (unpaired) electrons. The molecule has 4 amide bonds. The Morgan fingerprint density at radius 2 is 1.78 bits per heavy atom. The number of nitrogens with zero attached hydrogens (tertiary/aromatic N) is 1. The van der Waals surface area contributed by atoms with Crippen LogP contribution in [0.25, 0.3) is 0 Å². The third kappa shape index (κ3) is 10.7. The van der Waals surface area contributed by atoms with Crippen molar-refractivity contribution in [2.75, 3.05) is 20.2 Å². The summed E-state index contributed by atoms with van der Waals surface area (Å²) in [6, 6.07) is 4.82. The van der Waals surface area contributed by atoms with E-state index in [2.05, 4.69) is 10.6 Å². The van der Waals surface area contributed by atoms with E-state index in [4.69, 9.17) is 15.2 Å². The van der Waals surface area contributed by atoms with E-state index in [1.807, 2.05) is 13.0 Å². The van der Waals surface area contributed by atoms with Gasteiger partial charge in [-0.05, 0) is 46.6 Å². The van der Waals surface area contributed by atoms with Crippen molar-refractivity contribution in [2.45, 2.75) is 71.6 Å². The van der Waals surface area contributed by atoms with Crippen LogP contribution < -0.4 is 16.4 Å². The molecule has 1 rings (SSSR count). The van der Waals surface area contributed by atoms with Crippen molar-refractivity contribution < 1.29 is 33.4 Å². The van der Waals surface area contributed by atoms with Gasteiger partial charge in [0.15, 0.2) is 0 Å². The zero-order chi connectivity index (χ0) is 27.5. The average Bonchev–Trinajstić information content (AvgIpc) is 2.75. The summed E-state index contributed by atoms with van der Waals surface area (Å²) >= 11 is 0. The van der Waals surface area contributed by atoms with Crippen LogP contribution in [0.3, 0.4) is 0 Å². The molecule has 4 N–H and O–H groups in total. The first-order chi connectivity index (χ1) is 16.7. The van der Waals surface area contributed by atoms with Crippen LogP contribution >= 0.6 is 0 Å². The van der Waals surface area contributed by atoms with Gasteiger partial charge in [0.2, 0.25) is 17.7 Å². The number of nitrogens with two attached hydrogens (primary N) is 1. The standard InChI is InChI=1S/C25H38N4O7/c1-7-35-20(31)13-14-27-22(32)21(17-10-8-9-16(2)15-17)29(6)23(33)18(11-12-19(26)30)28-24(34)36-25(3,4)5/h8-10,15,18,21H,7,11-14H2,1-6H3,(H2,26,30)(H,27,32)(H,28,34). The van der Waals surface area contributed by atoms with E-state index in [1.165, 1.54) is 11.9 Å². The largest absolute Gasteiger partial charge is 0.466 e. The van der Waals surface area contributed by atoms with Crippen LogP contribution in [0.2, 0.25) is 0 Å². The van der Waals surface area contributed by atoms with Gasteiger partial charge in [-0.2, -0.15) is 0 Å². The maximum atomic E-state index is 13.5. The number of hydrogen-bond donors (Lipinski definition) is 3. The average molecular weight is 507 g/mol. The van der Waals surface area contributed by atoms with Crippen molar-refractivity contribution >= 4 is 29.8 Å². The number of amides is 4. The molecule has 0 aliphatic heterocycles. The number of ether oxygens (including phenoxy) is 2. The lowest BCUT2D eigenvalue weighted by Crippen LogP contribution is -2.52. The van der Waals surface area contributed by atoms with Crippen LogP contribution in [0.4, 0.5) is 4.79 Å². The summed E-state index contributed by atoms with van der Waals surface area (Å²) in [6.45, 7) is 8.80. The summed E-state index contributed by atoms with van der Waals surface area (Å²) in [6.07, 6.45) is -1.12. The Hall–Kier alpha value is -3.63. The predicted molar refractivity (Wildman–Crippen MR) is 133 cm³/mol. The molecule has 1 aromatic carbocycles. The normalized spacial score (nSPS) is 12.6. The van der Waals surface area contributed by atoms with Gasteiger partial charge in [0.1, 0.15) is 17.7 Å². The molecule has 0 saturated carbocycles. The third-order valence-corrected chi connectivity index (χ3v) is 4.94. The van der Waals surface area contributed by atoms with Gasteiger partial charge in [0.25, 0.3) is 0 Å². The SMILES string of the molecule is CCOC(=O)CCNC(=O)C(c1cccc(C)c1)N(C)C(=O)C(CCC(N)=O)NC(=O)OC(C)(C)C. The van der Waals surface area contributed by atoms with E-state index in [-0.39, 0.29) is 32.4 Å². The number of hydrogen-bond acceptors (Lipinski definition) is 7. The van der Waals surface area contributed by atoms with Crippen LogP contribution in [0, 0.1) is 6.92 Å². The smallest absolute Gasteiger partial charge is 0.408 e. The van der Waals surface area contributed by atoms with Crippen molar-refractivity contribution in [3.8, 4) is 0 Å². The number of carbonyl (C=O) groups is 5. The molecule has 11 nitrogen and oxygen atoms in total. The quantitative estimate of drug-likeness (QED) is 0.364. The number of alkyl carbamates (subject to hydrolysis) is 1. The maximum Gasteiger partial charge on any atom is 0.408 e. The number of carbonyl (C=O) groups excluding carboxylic acids is 5. The Morgan fingerprint density at radius 3 is 2.33 bits per heavy atom. The van der Waals surface area contributed by atoms with Gasteiger partial charge >= 0.3 is 12.1 Å². The van der Waals surface area contributed by atoms with Crippen molar-refractivity contribution in [2.24, 2.45) is 5.73 Å². The fourth-order valence-corrected chi connectivity index (χ4v) is 3.38. The lowest BCUT2D eigenvalue weighted by molar-refractivity contribution is -0.144. The first kappa shape index (κ1) is 30.4. The van der Waals surface area contributed by atoms with Gasteiger partial charge in [0, 0.05) is 20.0 Å². The summed E-state index contributed by atoms with van der Waals surface area (Å²) in [4.78, 5) is 63.3. The number of benzene rings is 1. The van der Waals surface area contributed by atoms with Gasteiger partial charge in [0.05, 0.1) is 13.0 Å². The Bertz CT molecular complexity index is 943. The molecular weight excluding hydrogens is 468 g/mol. The zero-order valence-electron chi connectivity index (χ0n) is 21.9. The van der Waals surface area contributed by atoms with Gasteiger partial charge in [-0.1, -0.05) is 29.8 Å². The van der Waals surface area contributed by atoms with Gasteiger partial charge in [-0.3, -0.25) is 19.2 Å². The maximum absolute atomic E-state index is 13.5. The molecular formula is C25H38N4O7. The topological polar surface area (TPSA) is 157 Å². The molecule has 0 heterocycles. The highest BCUT2D eigenvalue weighted by molar-refractivity contribution is 5.92. The lowest BCUT2D eigenvalue weighted by atomic mass is 10.0. The van der Waals surface area contributed by atoms with Crippen molar-refractivity contribution in [1.29, 1.82) is 0 Å². The van der Waals surface area contributed by atoms with E-state index < -0.39 is 47.5 Å². The molecule has 1 aromatic rings. The van der Waals surface area contributed by atoms with E-state index >= 15 is 0 Å². The number of likely N-dealkylation sites (N-methyl/N-ethyl adjacent to an activating group) is 1.